The molecule has 0 aliphatic carbocycles. The fourth-order valence-electron chi connectivity index (χ4n) is 0.906. The zero-order chi connectivity index (χ0) is 10.6. The summed E-state index contributed by atoms with van der Waals surface area (Å²) in [5, 5.41) is 0. The highest BCUT2D eigenvalue weighted by molar-refractivity contribution is 7.81. The largest absolute Gasteiger partial charge is 0.476 e. The second kappa shape index (κ2) is 4.83. The van der Waals surface area contributed by atoms with E-state index in [1.807, 2.05) is 19.1 Å². The zero-order valence-electron chi connectivity index (χ0n) is 8.07. The van der Waals surface area contributed by atoms with Crippen LogP contribution >= 0.6 is 18.2 Å². The highest BCUT2D eigenvalue weighted by Gasteiger charge is 2.21. The Balaban J connectivity index is 2.69. The van der Waals surface area contributed by atoms with Crippen LogP contribution in [0.3, 0.4) is 0 Å². The van der Waals surface area contributed by atoms with E-state index < -0.39 is 6.95 Å². The van der Waals surface area contributed by atoms with Crippen molar-refractivity contribution >= 4 is 18.2 Å². The first-order valence-corrected chi connectivity index (χ1v) is 6.69. The Morgan fingerprint density at radius 2 is 1.93 bits per heavy atom. The van der Waals surface area contributed by atoms with Gasteiger partial charge in [-0.25, -0.2) is 4.57 Å². The molecule has 0 aliphatic heterocycles. The van der Waals surface area contributed by atoms with Gasteiger partial charge in [-0.1, -0.05) is 17.7 Å². The van der Waals surface area contributed by atoms with Crippen molar-refractivity contribution in [2.45, 2.75) is 13.8 Å². The molecule has 1 aromatic rings. The molecule has 0 aromatic heterocycles. The van der Waals surface area contributed by atoms with E-state index in [1.54, 1.807) is 19.1 Å². The second-order valence-corrected chi connectivity index (χ2v) is 5.30. The van der Waals surface area contributed by atoms with Gasteiger partial charge in [0.25, 0.3) is 0 Å². The van der Waals surface area contributed by atoms with Crippen LogP contribution in [-0.2, 0) is 9.09 Å². The van der Waals surface area contributed by atoms with Gasteiger partial charge in [0.1, 0.15) is 5.75 Å². The first-order chi connectivity index (χ1) is 6.53. The summed E-state index contributed by atoms with van der Waals surface area (Å²) >= 11 is 5.52. The van der Waals surface area contributed by atoms with E-state index in [1.165, 1.54) is 0 Å². The van der Waals surface area contributed by atoms with Crippen molar-refractivity contribution in [3.8, 4) is 5.75 Å². The van der Waals surface area contributed by atoms with E-state index in [2.05, 4.69) is 0 Å². The Morgan fingerprint density at radius 1 is 1.36 bits per heavy atom. The van der Waals surface area contributed by atoms with Crippen molar-refractivity contribution < 1.29 is 13.6 Å². The van der Waals surface area contributed by atoms with Crippen LogP contribution in [0.15, 0.2) is 24.3 Å². The van der Waals surface area contributed by atoms with Crippen molar-refractivity contribution in [3.63, 3.8) is 0 Å². The molecule has 1 unspecified atom stereocenters. The molecular weight excluding hydrogens is 223 g/mol. The fourth-order valence-corrected chi connectivity index (χ4v) is 2.17. The maximum atomic E-state index is 11.4. The van der Waals surface area contributed by atoms with Crippen molar-refractivity contribution in [2.24, 2.45) is 0 Å². The standard InChI is InChI=1S/C9H12ClO3P/c1-3-12-14(10,11)13-9-6-4-8(2)5-7-9/h4-7H,3H2,1-2H3. The molecule has 0 spiro atoms. The van der Waals surface area contributed by atoms with Gasteiger partial charge in [-0.15, -0.1) is 0 Å². The lowest BCUT2D eigenvalue weighted by atomic mass is 10.2. The molecule has 0 aliphatic rings. The van der Waals surface area contributed by atoms with Gasteiger partial charge in [0.05, 0.1) is 6.61 Å². The molecule has 0 saturated heterocycles. The maximum Gasteiger partial charge on any atom is 0.476 e. The second-order valence-electron chi connectivity index (χ2n) is 2.75. The molecule has 0 heterocycles. The van der Waals surface area contributed by atoms with E-state index in [0.717, 1.165) is 5.56 Å². The molecule has 1 aromatic carbocycles. The third kappa shape index (κ3) is 3.70. The molecular formula is C9H12ClO3P. The molecule has 0 saturated carbocycles. The molecule has 14 heavy (non-hydrogen) atoms. The van der Waals surface area contributed by atoms with Gasteiger partial charge in [-0.2, -0.15) is 0 Å². The predicted molar refractivity (Wildman–Crippen MR) is 56.9 cm³/mol. The Bertz CT molecular complexity index is 336. The van der Waals surface area contributed by atoms with Crippen LogP contribution in [0, 0.1) is 6.92 Å². The summed E-state index contributed by atoms with van der Waals surface area (Å²) < 4.78 is 21.1. The van der Waals surface area contributed by atoms with Crippen LogP contribution in [0.25, 0.3) is 0 Å². The van der Waals surface area contributed by atoms with E-state index in [-0.39, 0.29) is 6.61 Å². The molecule has 5 heteroatoms. The van der Waals surface area contributed by atoms with Gasteiger partial charge in [0, 0.05) is 11.2 Å². The van der Waals surface area contributed by atoms with Crippen LogP contribution in [0.2, 0.25) is 0 Å². The minimum atomic E-state index is -3.46. The minimum Gasteiger partial charge on any atom is -0.413 e. The Labute approximate surface area is 88.3 Å². The summed E-state index contributed by atoms with van der Waals surface area (Å²) in [6.07, 6.45) is 0. The van der Waals surface area contributed by atoms with E-state index in [9.17, 15) is 4.57 Å². The summed E-state index contributed by atoms with van der Waals surface area (Å²) in [5.41, 5.74) is 1.10. The third-order valence-corrected chi connectivity index (χ3v) is 3.01. The van der Waals surface area contributed by atoms with E-state index in [0.29, 0.717) is 5.75 Å². The lowest BCUT2D eigenvalue weighted by Gasteiger charge is -2.11. The quantitative estimate of drug-likeness (QED) is 0.744. The number of hydrogen-bond donors (Lipinski definition) is 0. The van der Waals surface area contributed by atoms with Crippen LogP contribution in [0.5, 0.6) is 5.75 Å². The molecule has 0 radical (unpaired) electrons. The summed E-state index contributed by atoms with van der Waals surface area (Å²) in [6.45, 7) is 0.452. The molecule has 0 N–H and O–H groups in total. The zero-order valence-corrected chi connectivity index (χ0v) is 9.72. The molecule has 3 nitrogen and oxygen atoms in total. The average Bonchev–Trinajstić information content (AvgIpc) is 2.08. The molecule has 1 atom stereocenters. The highest BCUT2D eigenvalue weighted by atomic mass is 35.7. The van der Waals surface area contributed by atoms with Crippen LogP contribution < -0.4 is 4.52 Å². The van der Waals surface area contributed by atoms with Crippen LogP contribution in [0.1, 0.15) is 12.5 Å². The lowest BCUT2D eigenvalue weighted by molar-refractivity contribution is 0.295. The molecule has 0 fully saturated rings. The number of aryl methyl sites for hydroxylation is 1. The highest BCUT2D eigenvalue weighted by Crippen LogP contribution is 2.53. The first-order valence-electron chi connectivity index (χ1n) is 4.24. The smallest absolute Gasteiger partial charge is 0.413 e. The third-order valence-electron chi connectivity index (χ3n) is 1.52. The minimum absolute atomic E-state index is 0.257. The first kappa shape index (κ1) is 11.6. The maximum absolute atomic E-state index is 11.4. The molecule has 0 amide bonds. The fraction of sp³-hybridized carbons (Fsp3) is 0.333. The monoisotopic (exact) mass is 234 g/mol. The van der Waals surface area contributed by atoms with Gasteiger partial charge >= 0.3 is 6.95 Å². The van der Waals surface area contributed by atoms with Crippen molar-refractivity contribution in [1.82, 2.24) is 0 Å². The number of hydrogen-bond acceptors (Lipinski definition) is 3. The normalized spacial score (nSPS) is 14.8. The molecule has 0 bridgehead atoms. The van der Waals surface area contributed by atoms with E-state index in [4.69, 9.17) is 20.3 Å². The lowest BCUT2D eigenvalue weighted by Crippen LogP contribution is -1.92. The summed E-state index contributed by atoms with van der Waals surface area (Å²) in [6, 6.07) is 7.09. The van der Waals surface area contributed by atoms with Gasteiger partial charge < -0.3 is 4.52 Å². The summed E-state index contributed by atoms with van der Waals surface area (Å²) in [7, 11) is 0. The predicted octanol–water partition coefficient (Wildman–Crippen LogP) is 3.76. The van der Waals surface area contributed by atoms with Crippen LogP contribution in [0.4, 0.5) is 0 Å². The number of rotatable bonds is 4. The average molecular weight is 235 g/mol. The van der Waals surface area contributed by atoms with Gasteiger partial charge in [0.2, 0.25) is 0 Å². The van der Waals surface area contributed by atoms with Gasteiger partial charge in [-0.3, -0.25) is 4.52 Å². The van der Waals surface area contributed by atoms with Gasteiger partial charge in [-0.05, 0) is 26.0 Å². The van der Waals surface area contributed by atoms with Gasteiger partial charge in [0.15, 0.2) is 0 Å². The van der Waals surface area contributed by atoms with Crippen molar-refractivity contribution in [3.05, 3.63) is 29.8 Å². The van der Waals surface area contributed by atoms with Crippen molar-refractivity contribution in [1.29, 1.82) is 0 Å². The van der Waals surface area contributed by atoms with E-state index >= 15 is 0 Å². The summed E-state index contributed by atoms with van der Waals surface area (Å²) in [5.74, 6) is 0.447. The number of benzene rings is 1. The Hall–Kier alpha value is -0.500. The summed E-state index contributed by atoms with van der Waals surface area (Å²) in [4.78, 5) is 0. The SMILES string of the molecule is CCOP(=O)(Cl)Oc1ccc(C)cc1. The molecule has 78 valence electrons. The number of halogens is 1. The van der Waals surface area contributed by atoms with Crippen molar-refractivity contribution in [2.75, 3.05) is 6.61 Å². The Kier molecular flexibility index (Phi) is 3.99. The van der Waals surface area contributed by atoms with Crippen LogP contribution in [-0.4, -0.2) is 6.61 Å². The Morgan fingerprint density at radius 3 is 2.43 bits per heavy atom. The molecule has 1 rings (SSSR count). The topological polar surface area (TPSA) is 35.5 Å².